The number of methoxy groups -OCH3 is 1. The molecule has 0 bridgehead atoms. The van der Waals surface area contributed by atoms with Gasteiger partial charge in [-0.15, -0.1) is 12.4 Å². The molecule has 3 rings (SSSR count). The monoisotopic (exact) mass is 385 g/mol. The van der Waals surface area contributed by atoms with Crippen LogP contribution in [0.15, 0.2) is 72.8 Å². The fourth-order valence-corrected chi connectivity index (χ4v) is 2.62. The van der Waals surface area contributed by atoms with Crippen LogP contribution < -0.4 is 19.9 Å². The lowest BCUT2D eigenvalue weighted by Gasteiger charge is -2.12. The lowest BCUT2D eigenvalue weighted by atomic mass is 10.0. The Labute approximate surface area is 166 Å². The Balaban J connectivity index is 0.00000261. The standard InChI is InChI=1S/C22H23NO3.ClH/c1-24-22-15-19(9-12-21(22)25-14-13-23)18-7-10-20(11-8-18)26-16-17-5-3-2-4-6-17;/h2-12,15H,13-14,16,23H2,1H3;1H. The highest BCUT2D eigenvalue weighted by atomic mass is 35.5. The maximum Gasteiger partial charge on any atom is 0.161 e. The van der Waals surface area contributed by atoms with E-state index in [-0.39, 0.29) is 12.4 Å². The summed E-state index contributed by atoms with van der Waals surface area (Å²) in [7, 11) is 1.63. The van der Waals surface area contributed by atoms with Gasteiger partial charge < -0.3 is 19.9 Å². The van der Waals surface area contributed by atoms with E-state index in [1.807, 2.05) is 60.7 Å². The average Bonchev–Trinajstić information content (AvgIpc) is 2.72. The van der Waals surface area contributed by atoms with Crippen LogP contribution in [0.1, 0.15) is 5.56 Å². The maximum absolute atomic E-state index is 5.83. The summed E-state index contributed by atoms with van der Waals surface area (Å²) in [6.45, 7) is 1.49. The topological polar surface area (TPSA) is 53.7 Å². The largest absolute Gasteiger partial charge is 0.493 e. The van der Waals surface area contributed by atoms with Gasteiger partial charge in [0.05, 0.1) is 7.11 Å². The number of benzene rings is 3. The lowest BCUT2D eigenvalue weighted by Crippen LogP contribution is -2.11. The van der Waals surface area contributed by atoms with E-state index in [0.717, 1.165) is 22.4 Å². The third kappa shape index (κ3) is 5.64. The lowest BCUT2D eigenvalue weighted by molar-refractivity contribution is 0.302. The number of ether oxygens (including phenoxy) is 3. The Morgan fingerprint density at radius 1 is 0.778 bits per heavy atom. The molecule has 0 radical (unpaired) electrons. The molecular weight excluding hydrogens is 362 g/mol. The molecule has 142 valence electrons. The normalized spacial score (nSPS) is 10.0. The summed E-state index contributed by atoms with van der Waals surface area (Å²) in [6.07, 6.45) is 0. The Morgan fingerprint density at radius 2 is 1.48 bits per heavy atom. The highest BCUT2D eigenvalue weighted by Gasteiger charge is 2.07. The Kier molecular flexibility index (Phi) is 7.99. The van der Waals surface area contributed by atoms with Crippen molar-refractivity contribution in [3.8, 4) is 28.4 Å². The van der Waals surface area contributed by atoms with E-state index >= 15 is 0 Å². The SMILES string of the molecule is COc1cc(-c2ccc(OCc3ccccc3)cc2)ccc1OCCN.Cl. The molecule has 0 aliphatic rings. The van der Waals surface area contributed by atoms with Gasteiger partial charge in [-0.1, -0.05) is 48.5 Å². The fourth-order valence-electron chi connectivity index (χ4n) is 2.62. The van der Waals surface area contributed by atoms with Crippen molar-refractivity contribution in [2.45, 2.75) is 6.61 Å². The number of hydrogen-bond acceptors (Lipinski definition) is 4. The van der Waals surface area contributed by atoms with Gasteiger partial charge >= 0.3 is 0 Å². The van der Waals surface area contributed by atoms with E-state index in [9.17, 15) is 0 Å². The number of halogens is 1. The van der Waals surface area contributed by atoms with Crippen LogP contribution >= 0.6 is 12.4 Å². The minimum absolute atomic E-state index is 0. The van der Waals surface area contributed by atoms with Gasteiger partial charge in [-0.2, -0.15) is 0 Å². The van der Waals surface area contributed by atoms with Crippen molar-refractivity contribution in [2.24, 2.45) is 5.73 Å². The molecule has 0 saturated heterocycles. The summed E-state index contributed by atoms with van der Waals surface area (Å²) in [6, 6.07) is 24.0. The van der Waals surface area contributed by atoms with Gasteiger partial charge in [0.2, 0.25) is 0 Å². The van der Waals surface area contributed by atoms with Crippen LogP contribution in [0, 0.1) is 0 Å². The number of rotatable bonds is 8. The van der Waals surface area contributed by atoms with E-state index in [4.69, 9.17) is 19.9 Å². The van der Waals surface area contributed by atoms with Crippen molar-refractivity contribution in [3.63, 3.8) is 0 Å². The predicted molar refractivity (Wildman–Crippen MR) is 111 cm³/mol. The van der Waals surface area contributed by atoms with Crippen molar-refractivity contribution >= 4 is 12.4 Å². The van der Waals surface area contributed by atoms with Gasteiger partial charge in [0.25, 0.3) is 0 Å². The second-order valence-corrected chi connectivity index (χ2v) is 5.80. The molecule has 27 heavy (non-hydrogen) atoms. The van der Waals surface area contributed by atoms with Gasteiger partial charge in [0, 0.05) is 6.54 Å². The molecular formula is C22H24ClNO3. The molecule has 0 saturated carbocycles. The van der Waals surface area contributed by atoms with Crippen LogP contribution in [0.3, 0.4) is 0 Å². The molecule has 0 aliphatic heterocycles. The third-order valence-corrected chi connectivity index (χ3v) is 3.98. The van der Waals surface area contributed by atoms with Crippen molar-refractivity contribution in [1.82, 2.24) is 0 Å². The highest BCUT2D eigenvalue weighted by Crippen LogP contribution is 2.33. The van der Waals surface area contributed by atoms with Crippen LogP contribution in [-0.2, 0) is 6.61 Å². The molecule has 0 aromatic heterocycles. The Hall–Kier alpha value is -2.69. The summed E-state index contributed by atoms with van der Waals surface area (Å²) in [5.41, 5.74) is 8.77. The van der Waals surface area contributed by atoms with Gasteiger partial charge in [-0.3, -0.25) is 0 Å². The summed E-state index contributed by atoms with van der Waals surface area (Å²) < 4.78 is 16.9. The first kappa shape index (κ1) is 20.6. The Morgan fingerprint density at radius 3 is 2.15 bits per heavy atom. The van der Waals surface area contributed by atoms with E-state index in [1.165, 1.54) is 0 Å². The molecule has 0 unspecified atom stereocenters. The van der Waals surface area contributed by atoms with Gasteiger partial charge in [-0.25, -0.2) is 0 Å². The second kappa shape index (κ2) is 10.5. The average molecular weight is 386 g/mol. The first-order valence-electron chi connectivity index (χ1n) is 8.58. The molecule has 5 heteroatoms. The van der Waals surface area contributed by atoms with Gasteiger partial charge in [-0.05, 0) is 41.0 Å². The molecule has 0 aliphatic carbocycles. The molecule has 0 atom stereocenters. The molecule has 3 aromatic carbocycles. The quantitative estimate of drug-likeness (QED) is 0.610. The molecule has 4 nitrogen and oxygen atoms in total. The zero-order valence-electron chi connectivity index (χ0n) is 15.3. The zero-order chi connectivity index (χ0) is 18.2. The van der Waals surface area contributed by atoms with E-state index < -0.39 is 0 Å². The number of hydrogen-bond donors (Lipinski definition) is 1. The molecule has 0 amide bonds. The molecule has 2 N–H and O–H groups in total. The summed E-state index contributed by atoms with van der Waals surface area (Å²) in [4.78, 5) is 0. The van der Waals surface area contributed by atoms with E-state index in [0.29, 0.717) is 31.3 Å². The van der Waals surface area contributed by atoms with Crippen LogP contribution in [-0.4, -0.2) is 20.3 Å². The van der Waals surface area contributed by atoms with Gasteiger partial charge in [0.1, 0.15) is 19.0 Å². The molecule has 0 fully saturated rings. The molecule has 3 aromatic rings. The third-order valence-electron chi connectivity index (χ3n) is 3.98. The van der Waals surface area contributed by atoms with Crippen LogP contribution in [0.5, 0.6) is 17.2 Å². The molecule has 0 spiro atoms. The van der Waals surface area contributed by atoms with Crippen molar-refractivity contribution in [1.29, 1.82) is 0 Å². The fraction of sp³-hybridized carbons (Fsp3) is 0.182. The smallest absolute Gasteiger partial charge is 0.161 e. The van der Waals surface area contributed by atoms with Gasteiger partial charge in [0.15, 0.2) is 11.5 Å². The zero-order valence-corrected chi connectivity index (χ0v) is 16.1. The summed E-state index contributed by atoms with van der Waals surface area (Å²) >= 11 is 0. The van der Waals surface area contributed by atoms with E-state index in [1.54, 1.807) is 7.11 Å². The Bertz CT molecular complexity index is 823. The van der Waals surface area contributed by atoms with Crippen LogP contribution in [0.2, 0.25) is 0 Å². The highest BCUT2D eigenvalue weighted by molar-refractivity contribution is 5.85. The summed E-state index contributed by atoms with van der Waals surface area (Å²) in [5.74, 6) is 2.23. The van der Waals surface area contributed by atoms with Crippen LogP contribution in [0.25, 0.3) is 11.1 Å². The van der Waals surface area contributed by atoms with Crippen molar-refractivity contribution < 1.29 is 14.2 Å². The first-order chi connectivity index (χ1) is 12.8. The van der Waals surface area contributed by atoms with E-state index in [2.05, 4.69) is 12.1 Å². The minimum atomic E-state index is 0. The number of nitrogens with two attached hydrogens (primary N) is 1. The van der Waals surface area contributed by atoms with Crippen LogP contribution in [0.4, 0.5) is 0 Å². The predicted octanol–water partition coefficient (Wildman–Crippen LogP) is 4.70. The maximum atomic E-state index is 5.83. The second-order valence-electron chi connectivity index (χ2n) is 5.80. The minimum Gasteiger partial charge on any atom is -0.493 e. The van der Waals surface area contributed by atoms with Crippen molar-refractivity contribution in [3.05, 3.63) is 78.4 Å². The molecule has 0 heterocycles. The van der Waals surface area contributed by atoms with Crippen molar-refractivity contribution in [2.75, 3.05) is 20.3 Å². The first-order valence-corrected chi connectivity index (χ1v) is 8.58. The summed E-state index contributed by atoms with van der Waals surface area (Å²) in [5, 5.41) is 0.